The number of carbonyl (C=O) groups excluding carboxylic acids is 1. The second-order valence-corrected chi connectivity index (χ2v) is 9.27. The molecule has 6 rings (SSSR count). The topological polar surface area (TPSA) is 84.5 Å². The normalized spacial score (nSPS) is 13.2. The van der Waals surface area contributed by atoms with Crippen LogP contribution in [0.1, 0.15) is 45.8 Å². The number of amides is 1. The van der Waals surface area contributed by atoms with Crippen LogP contribution in [0.15, 0.2) is 65.7 Å². The molecule has 1 aliphatic rings. The van der Waals surface area contributed by atoms with E-state index in [1.54, 1.807) is 34.5 Å². The lowest BCUT2D eigenvalue weighted by Gasteiger charge is -2.23. The van der Waals surface area contributed by atoms with Crippen molar-refractivity contribution in [1.29, 1.82) is 0 Å². The van der Waals surface area contributed by atoms with E-state index in [0.29, 0.717) is 40.1 Å². The molecule has 8 nitrogen and oxygen atoms in total. The lowest BCUT2D eigenvalue weighted by atomic mass is 9.97. The molecule has 1 atom stereocenters. The van der Waals surface area contributed by atoms with E-state index in [1.165, 1.54) is 0 Å². The van der Waals surface area contributed by atoms with Gasteiger partial charge in [0.25, 0.3) is 11.5 Å². The molecule has 2 aromatic carbocycles. The lowest BCUT2D eigenvalue weighted by molar-refractivity contribution is 0.0939. The van der Waals surface area contributed by atoms with Crippen LogP contribution in [0.3, 0.4) is 0 Å². The van der Waals surface area contributed by atoms with Crippen molar-refractivity contribution in [3.8, 4) is 18.0 Å². The third-order valence-electron chi connectivity index (χ3n) is 6.98. The Morgan fingerprint density at radius 2 is 1.92 bits per heavy atom. The number of anilines is 1. The van der Waals surface area contributed by atoms with E-state index < -0.39 is 6.04 Å². The highest BCUT2D eigenvalue weighted by molar-refractivity contribution is 6.04. The summed E-state index contributed by atoms with van der Waals surface area (Å²) in [5, 5.41) is 8.91. The van der Waals surface area contributed by atoms with Crippen LogP contribution in [-0.2, 0) is 6.54 Å². The number of aromatic nitrogens is 4. The molecule has 3 aromatic heterocycles. The number of rotatable bonds is 4. The smallest absolute Gasteiger partial charge is 0.264 e. The van der Waals surface area contributed by atoms with Gasteiger partial charge >= 0.3 is 0 Å². The molecule has 0 bridgehead atoms. The zero-order valence-electron chi connectivity index (χ0n) is 20.7. The number of fused-ring (bicyclic) bond motifs is 1. The zero-order chi connectivity index (χ0) is 25.8. The van der Waals surface area contributed by atoms with Crippen molar-refractivity contribution in [2.24, 2.45) is 0 Å². The number of pyridine rings is 1. The third kappa shape index (κ3) is 3.32. The van der Waals surface area contributed by atoms with Crippen molar-refractivity contribution in [2.45, 2.75) is 26.4 Å². The molecule has 0 aliphatic carbocycles. The van der Waals surface area contributed by atoms with Crippen molar-refractivity contribution in [3.63, 3.8) is 0 Å². The van der Waals surface area contributed by atoms with E-state index in [-0.39, 0.29) is 11.5 Å². The number of nitrogens with one attached hydrogen (secondary N) is 1. The maximum absolute atomic E-state index is 14.1. The molecule has 37 heavy (non-hydrogen) atoms. The Balaban J connectivity index is 1.58. The Hall–Kier alpha value is -4.90. The van der Waals surface area contributed by atoms with Crippen molar-refractivity contribution in [2.75, 3.05) is 11.9 Å². The van der Waals surface area contributed by atoms with E-state index in [9.17, 15) is 9.59 Å². The first kappa shape index (κ1) is 22.6. The molecule has 8 heteroatoms. The van der Waals surface area contributed by atoms with Crippen LogP contribution < -0.4 is 15.8 Å². The van der Waals surface area contributed by atoms with Crippen LogP contribution in [0.2, 0.25) is 0 Å². The summed E-state index contributed by atoms with van der Waals surface area (Å²) in [4.78, 5) is 34.2. The molecule has 0 unspecified atom stereocenters. The second-order valence-electron chi connectivity index (χ2n) is 9.27. The molecular formula is C29H24N6O2. The quantitative estimate of drug-likeness (QED) is 0.390. The van der Waals surface area contributed by atoms with Crippen molar-refractivity contribution < 1.29 is 4.79 Å². The average molecular weight is 489 g/mol. The monoisotopic (exact) mass is 488 g/mol. The van der Waals surface area contributed by atoms with Crippen LogP contribution >= 0.6 is 0 Å². The fourth-order valence-electron chi connectivity index (χ4n) is 5.41. The summed E-state index contributed by atoms with van der Waals surface area (Å²) in [6.45, 7) is 4.26. The number of benzene rings is 2. The highest BCUT2D eigenvalue weighted by atomic mass is 16.2. The summed E-state index contributed by atoms with van der Waals surface area (Å²) in [6, 6.07) is 14.5. The third-order valence-corrected chi connectivity index (χ3v) is 6.98. The molecule has 1 amide bonds. The van der Waals surface area contributed by atoms with Crippen LogP contribution in [0.4, 0.5) is 5.69 Å². The standard InChI is InChI=1S/C29H24N6O2/c1-5-19-12-13-22-25-21(16-33(22)4)26(35(29(37)24(19)25)20-10-7-6-8-11-20)18(3)31-28(36)23-17(2)32-34-15-9-14-30-27(23)34/h1,6-15,18H,16H2,2-4H3,(H,31,36)/t18-/m1/s1. The van der Waals surface area contributed by atoms with Gasteiger partial charge in [-0.3, -0.25) is 14.2 Å². The van der Waals surface area contributed by atoms with Gasteiger partial charge < -0.3 is 10.2 Å². The molecule has 0 saturated carbocycles. The molecular weight excluding hydrogens is 464 g/mol. The Morgan fingerprint density at radius 3 is 2.68 bits per heavy atom. The molecule has 182 valence electrons. The number of hydrogen-bond donors (Lipinski definition) is 1. The Morgan fingerprint density at radius 1 is 1.14 bits per heavy atom. The maximum atomic E-state index is 14.1. The zero-order valence-corrected chi connectivity index (χ0v) is 20.7. The van der Waals surface area contributed by atoms with Gasteiger partial charge in [0.15, 0.2) is 5.65 Å². The minimum absolute atomic E-state index is 0.208. The molecule has 0 spiro atoms. The minimum atomic E-state index is -0.508. The molecule has 5 aromatic rings. The molecule has 1 N–H and O–H groups in total. The fourth-order valence-corrected chi connectivity index (χ4v) is 5.41. The van der Waals surface area contributed by atoms with E-state index in [4.69, 9.17) is 6.42 Å². The van der Waals surface area contributed by atoms with E-state index in [2.05, 4.69) is 26.2 Å². The van der Waals surface area contributed by atoms with Crippen LogP contribution in [0.5, 0.6) is 0 Å². The molecule has 0 fully saturated rings. The summed E-state index contributed by atoms with van der Waals surface area (Å²) < 4.78 is 3.28. The van der Waals surface area contributed by atoms with Gasteiger partial charge in [0.1, 0.15) is 5.56 Å². The first-order valence-electron chi connectivity index (χ1n) is 12.0. The van der Waals surface area contributed by atoms with Gasteiger partial charge in [0.05, 0.1) is 22.8 Å². The van der Waals surface area contributed by atoms with Crippen molar-refractivity contribution in [3.05, 3.63) is 99.4 Å². The average Bonchev–Trinajstić information content (AvgIpc) is 3.42. The number of hydrogen-bond acceptors (Lipinski definition) is 5. The predicted octanol–water partition coefficient (Wildman–Crippen LogP) is 3.76. The van der Waals surface area contributed by atoms with Gasteiger partial charge in [0.2, 0.25) is 0 Å². The Bertz CT molecular complexity index is 1830. The van der Waals surface area contributed by atoms with Gasteiger partial charge in [-0.25, -0.2) is 9.50 Å². The lowest BCUT2D eigenvalue weighted by Crippen LogP contribution is -2.33. The highest BCUT2D eigenvalue weighted by Gasteiger charge is 2.31. The van der Waals surface area contributed by atoms with Gasteiger partial charge in [-0.1, -0.05) is 24.1 Å². The largest absolute Gasteiger partial charge is 0.370 e. The van der Waals surface area contributed by atoms with Crippen molar-refractivity contribution >= 4 is 28.0 Å². The highest BCUT2D eigenvalue weighted by Crippen LogP contribution is 2.40. The van der Waals surface area contributed by atoms with E-state index >= 15 is 0 Å². The summed E-state index contributed by atoms with van der Waals surface area (Å²) in [5.74, 6) is 2.39. The van der Waals surface area contributed by atoms with Crippen LogP contribution in [0.25, 0.3) is 22.1 Å². The summed E-state index contributed by atoms with van der Waals surface area (Å²) >= 11 is 0. The van der Waals surface area contributed by atoms with Gasteiger partial charge in [-0.2, -0.15) is 5.10 Å². The molecule has 1 aliphatic heterocycles. The number of para-hydroxylation sites is 1. The Kier molecular flexibility index (Phi) is 5.09. The molecule has 0 radical (unpaired) electrons. The first-order chi connectivity index (χ1) is 17.9. The number of aryl methyl sites for hydroxylation is 1. The number of carbonyl (C=O) groups is 1. The first-order valence-corrected chi connectivity index (χ1v) is 12.0. The maximum Gasteiger partial charge on any atom is 0.264 e. The molecule has 4 heterocycles. The van der Waals surface area contributed by atoms with Crippen molar-refractivity contribution in [1.82, 2.24) is 24.5 Å². The minimum Gasteiger partial charge on any atom is -0.370 e. The summed E-state index contributed by atoms with van der Waals surface area (Å²) in [7, 11) is 1.99. The van der Waals surface area contributed by atoms with E-state index in [0.717, 1.165) is 22.3 Å². The predicted molar refractivity (Wildman–Crippen MR) is 143 cm³/mol. The number of terminal acetylenes is 1. The second kappa shape index (κ2) is 8.35. The van der Waals surface area contributed by atoms with Gasteiger partial charge in [-0.15, -0.1) is 6.42 Å². The van der Waals surface area contributed by atoms with E-state index in [1.807, 2.05) is 56.4 Å². The summed E-state index contributed by atoms with van der Waals surface area (Å²) in [5.41, 5.74) is 5.16. The van der Waals surface area contributed by atoms with Gasteiger partial charge in [0, 0.05) is 53.9 Å². The SMILES string of the molecule is C#Cc1ccc2c3c(c([C@@H](C)NC(=O)c4c(C)nn5cccnc45)n(-c4ccccc4)c(=O)c13)CN2C. The Labute approximate surface area is 213 Å². The number of nitrogens with zero attached hydrogens (tertiary/aromatic N) is 5. The summed E-state index contributed by atoms with van der Waals surface area (Å²) in [6.07, 6.45) is 9.21. The molecule has 0 saturated heterocycles. The fraction of sp³-hybridized carbons (Fsp3) is 0.172. The van der Waals surface area contributed by atoms with Crippen LogP contribution in [0, 0.1) is 19.3 Å². The van der Waals surface area contributed by atoms with Crippen LogP contribution in [-0.4, -0.2) is 32.1 Å². The van der Waals surface area contributed by atoms with Gasteiger partial charge in [-0.05, 0) is 44.2 Å².